The highest BCUT2D eigenvalue weighted by Crippen LogP contribution is 2.39. The first-order valence-corrected chi connectivity index (χ1v) is 10.7. The third-order valence-electron chi connectivity index (χ3n) is 6.27. The average molecular weight is 439 g/mol. The Bertz CT molecular complexity index is 1070. The summed E-state index contributed by atoms with van der Waals surface area (Å²) in [4.78, 5) is 41.6. The summed E-state index contributed by atoms with van der Waals surface area (Å²) in [6.45, 7) is 1.95. The molecule has 0 unspecified atom stereocenters. The van der Waals surface area contributed by atoms with E-state index in [0.717, 1.165) is 28.9 Å². The van der Waals surface area contributed by atoms with Crippen LogP contribution in [0.4, 0.5) is 9.18 Å². The largest absolute Gasteiger partial charge is 0.494 e. The highest BCUT2D eigenvalue weighted by molar-refractivity contribution is 6.09. The first kappa shape index (κ1) is 21.8. The number of amides is 4. The molecule has 1 aliphatic carbocycles. The van der Waals surface area contributed by atoms with Gasteiger partial charge in [-0.2, -0.15) is 0 Å². The number of rotatable bonds is 6. The molecule has 4 amide bonds. The smallest absolute Gasteiger partial charge is 0.325 e. The van der Waals surface area contributed by atoms with Crippen molar-refractivity contribution in [1.82, 2.24) is 15.1 Å². The summed E-state index contributed by atoms with van der Waals surface area (Å²) in [6.07, 6.45) is 2.12. The Morgan fingerprint density at radius 1 is 1.25 bits per heavy atom. The van der Waals surface area contributed by atoms with Gasteiger partial charge in [-0.05, 0) is 55.0 Å². The second-order valence-electron chi connectivity index (χ2n) is 8.11. The zero-order chi connectivity index (χ0) is 22.9. The molecule has 32 heavy (non-hydrogen) atoms. The zero-order valence-corrected chi connectivity index (χ0v) is 18.2. The number of imide groups is 1. The highest BCUT2D eigenvalue weighted by atomic mass is 19.1. The van der Waals surface area contributed by atoms with Crippen LogP contribution in [0.1, 0.15) is 36.5 Å². The van der Waals surface area contributed by atoms with Crippen molar-refractivity contribution in [2.24, 2.45) is 0 Å². The summed E-state index contributed by atoms with van der Waals surface area (Å²) in [5.74, 6) is -1.16. The molecule has 1 atom stereocenters. The van der Waals surface area contributed by atoms with E-state index >= 15 is 0 Å². The maximum atomic E-state index is 14.0. The first-order chi connectivity index (χ1) is 15.4. The normalized spacial score (nSPS) is 19.7. The van der Waals surface area contributed by atoms with Crippen LogP contribution in [-0.2, 0) is 28.1 Å². The fourth-order valence-electron chi connectivity index (χ4n) is 4.60. The number of benzene rings is 2. The number of nitrogens with one attached hydrogen (secondary N) is 1. The molecule has 1 aliphatic heterocycles. The van der Waals surface area contributed by atoms with Crippen molar-refractivity contribution in [2.45, 2.75) is 38.3 Å². The van der Waals surface area contributed by atoms with E-state index in [-0.39, 0.29) is 24.7 Å². The molecule has 2 aliphatic rings. The highest BCUT2D eigenvalue weighted by Gasteiger charge is 2.54. The number of halogens is 1. The lowest BCUT2D eigenvalue weighted by Crippen LogP contribution is -2.47. The van der Waals surface area contributed by atoms with Gasteiger partial charge in [0.2, 0.25) is 5.91 Å². The van der Waals surface area contributed by atoms with Crippen molar-refractivity contribution in [2.75, 3.05) is 20.2 Å². The number of methoxy groups -OCH3 is 1. The number of aryl methyl sites for hydroxylation is 1. The lowest BCUT2D eigenvalue weighted by molar-refractivity contribution is -0.139. The minimum atomic E-state index is -1.11. The van der Waals surface area contributed by atoms with Gasteiger partial charge in [-0.25, -0.2) is 9.18 Å². The van der Waals surface area contributed by atoms with E-state index in [1.54, 1.807) is 13.0 Å². The third-order valence-corrected chi connectivity index (χ3v) is 6.27. The van der Waals surface area contributed by atoms with Crippen LogP contribution in [0.5, 0.6) is 5.75 Å². The van der Waals surface area contributed by atoms with Gasteiger partial charge < -0.3 is 15.0 Å². The number of ether oxygens (including phenoxy) is 1. The monoisotopic (exact) mass is 439 g/mol. The Kier molecular flexibility index (Phi) is 5.86. The van der Waals surface area contributed by atoms with E-state index in [4.69, 9.17) is 4.74 Å². The fraction of sp³-hybridized carbons (Fsp3) is 0.375. The second-order valence-corrected chi connectivity index (χ2v) is 8.11. The van der Waals surface area contributed by atoms with Gasteiger partial charge in [0.1, 0.15) is 12.1 Å². The summed E-state index contributed by atoms with van der Waals surface area (Å²) < 4.78 is 19.0. The molecular weight excluding hydrogens is 413 g/mol. The van der Waals surface area contributed by atoms with Crippen molar-refractivity contribution >= 4 is 17.8 Å². The predicted molar refractivity (Wildman–Crippen MR) is 115 cm³/mol. The Morgan fingerprint density at radius 2 is 2.03 bits per heavy atom. The molecule has 1 spiro atoms. The van der Waals surface area contributed by atoms with Crippen LogP contribution in [0, 0.1) is 5.82 Å². The van der Waals surface area contributed by atoms with Gasteiger partial charge in [0, 0.05) is 13.1 Å². The fourth-order valence-corrected chi connectivity index (χ4v) is 4.60. The maximum absolute atomic E-state index is 14.0. The number of carbonyl (C=O) groups is 3. The van der Waals surface area contributed by atoms with E-state index in [0.29, 0.717) is 18.5 Å². The quantitative estimate of drug-likeness (QED) is 0.702. The number of likely N-dealkylation sites (N-methyl/N-ethyl adjacent to an activating group) is 1. The van der Waals surface area contributed by atoms with E-state index < -0.39 is 23.3 Å². The molecule has 2 aromatic rings. The van der Waals surface area contributed by atoms with Crippen molar-refractivity contribution in [3.63, 3.8) is 0 Å². The molecule has 1 saturated heterocycles. The van der Waals surface area contributed by atoms with Crippen LogP contribution in [0.2, 0.25) is 0 Å². The summed E-state index contributed by atoms with van der Waals surface area (Å²) in [7, 11) is 1.38. The Morgan fingerprint density at radius 3 is 2.75 bits per heavy atom. The van der Waals surface area contributed by atoms with Crippen LogP contribution in [0.15, 0.2) is 42.5 Å². The maximum Gasteiger partial charge on any atom is 0.325 e. The Hall–Kier alpha value is -3.42. The van der Waals surface area contributed by atoms with E-state index in [1.807, 2.05) is 24.3 Å². The molecule has 7 nitrogen and oxygen atoms in total. The van der Waals surface area contributed by atoms with Gasteiger partial charge in [0.15, 0.2) is 11.6 Å². The molecule has 4 rings (SSSR count). The minimum Gasteiger partial charge on any atom is -0.494 e. The van der Waals surface area contributed by atoms with Crippen molar-refractivity contribution < 1.29 is 23.5 Å². The number of fused-ring (bicyclic) bond motifs is 2. The molecule has 168 valence electrons. The third kappa shape index (κ3) is 3.70. The van der Waals surface area contributed by atoms with Crippen LogP contribution < -0.4 is 10.1 Å². The van der Waals surface area contributed by atoms with Crippen molar-refractivity contribution in [1.29, 1.82) is 0 Å². The summed E-state index contributed by atoms with van der Waals surface area (Å²) in [5, 5.41) is 2.86. The SMILES string of the molecule is CCN(Cc1ccc(OC)c(F)c1)C(=O)CN1C(=O)N[C@]2(CCCc3ccccc32)C1=O. The number of nitrogens with zero attached hydrogens (tertiary/aromatic N) is 2. The number of hydrogen-bond acceptors (Lipinski definition) is 4. The number of urea groups is 1. The molecule has 8 heteroatoms. The van der Waals surface area contributed by atoms with Crippen LogP contribution in [0.25, 0.3) is 0 Å². The predicted octanol–water partition coefficient (Wildman–Crippen LogP) is 2.97. The summed E-state index contributed by atoms with van der Waals surface area (Å²) in [5.41, 5.74) is 1.33. The topological polar surface area (TPSA) is 79.0 Å². The van der Waals surface area contributed by atoms with Gasteiger partial charge in [-0.1, -0.05) is 30.3 Å². The van der Waals surface area contributed by atoms with Crippen LogP contribution >= 0.6 is 0 Å². The lowest BCUT2D eigenvalue weighted by atomic mass is 9.76. The molecule has 0 bridgehead atoms. The van der Waals surface area contributed by atoms with E-state index in [2.05, 4.69) is 5.32 Å². The molecular formula is C24H26FN3O4. The van der Waals surface area contributed by atoms with Crippen LogP contribution in [0.3, 0.4) is 0 Å². The van der Waals surface area contributed by atoms with Crippen LogP contribution in [-0.4, -0.2) is 47.8 Å². The lowest BCUT2D eigenvalue weighted by Gasteiger charge is -2.33. The minimum absolute atomic E-state index is 0.125. The second kappa shape index (κ2) is 8.61. The van der Waals surface area contributed by atoms with Crippen molar-refractivity contribution in [3.05, 3.63) is 65.0 Å². The van der Waals surface area contributed by atoms with Crippen molar-refractivity contribution in [3.8, 4) is 5.75 Å². The standard InChI is InChI=1S/C24H26FN3O4/c1-3-27(14-16-10-11-20(32-2)19(25)13-16)21(29)15-28-22(30)24(26-23(28)31)12-6-8-17-7-4-5-9-18(17)24/h4-5,7,9-11,13H,3,6,8,12,14-15H2,1-2H3,(H,26,31)/t24-/m0/s1. The van der Waals surface area contributed by atoms with Gasteiger partial charge in [0.05, 0.1) is 7.11 Å². The Balaban J connectivity index is 1.51. The van der Waals surface area contributed by atoms with Gasteiger partial charge in [-0.15, -0.1) is 0 Å². The molecule has 0 aromatic heterocycles. The average Bonchev–Trinajstić information content (AvgIpc) is 3.02. The molecule has 2 aromatic carbocycles. The molecule has 0 saturated carbocycles. The summed E-state index contributed by atoms with van der Waals surface area (Å²) >= 11 is 0. The molecule has 1 fully saturated rings. The van der Waals surface area contributed by atoms with Gasteiger partial charge >= 0.3 is 6.03 Å². The molecule has 0 radical (unpaired) electrons. The van der Waals surface area contributed by atoms with E-state index in [9.17, 15) is 18.8 Å². The van der Waals surface area contributed by atoms with E-state index in [1.165, 1.54) is 24.1 Å². The first-order valence-electron chi connectivity index (χ1n) is 10.7. The molecule has 1 N–H and O–H groups in total. The number of carbonyl (C=O) groups excluding carboxylic acids is 3. The van der Waals surface area contributed by atoms with Gasteiger partial charge in [0.25, 0.3) is 5.91 Å². The number of hydrogen-bond donors (Lipinski definition) is 1. The zero-order valence-electron chi connectivity index (χ0n) is 18.2. The Labute approximate surface area is 186 Å². The molecule has 1 heterocycles. The van der Waals surface area contributed by atoms with Gasteiger partial charge in [-0.3, -0.25) is 14.5 Å². The summed E-state index contributed by atoms with van der Waals surface area (Å²) in [6, 6.07) is 11.5.